The van der Waals surface area contributed by atoms with Gasteiger partial charge in [0.15, 0.2) is 6.10 Å². The highest BCUT2D eigenvalue weighted by molar-refractivity contribution is 5.75. The first-order valence-corrected chi connectivity index (χ1v) is 5.62. The second-order valence-electron chi connectivity index (χ2n) is 4.11. The number of nitrogens with zero attached hydrogens (tertiary/aromatic N) is 3. The highest BCUT2D eigenvalue weighted by Gasteiger charge is 2.30. The standard InChI is InChI=1S/C10H17N3O4/c1-7-3-2-4-16-9(7)10(15)17-6-8(14)5-12-13-11/h7-9,14H,2-6H2,1H3. The van der Waals surface area contributed by atoms with Crippen LogP contribution in [-0.4, -0.2) is 43.0 Å². The molecule has 17 heavy (non-hydrogen) atoms. The van der Waals surface area contributed by atoms with Gasteiger partial charge in [-0.3, -0.25) is 0 Å². The van der Waals surface area contributed by atoms with Crippen molar-refractivity contribution in [3.8, 4) is 0 Å². The lowest BCUT2D eigenvalue weighted by molar-refractivity contribution is -0.166. The zero-order valence-corrected chi connectivity index (χ0v) is 9.78. The maximum Gasteiger partial charge on any atom is 0.335 e. The molecule has 0 amide bonds. The first-order valence-electron chi connectivity index (χ1n) is 5.62. The molecule has 7 heteroatoms. The number of hydrogen-bond acceptors (Lipinski definition) is 5. The molecule has 0 spiro atoms. The van der Waals surface area contributed by atoms with Crippen molar-refractivity contribution in [2.24, 2.45) is 11.0 Å². The van der Waals surface area contributed by atoms with Crippen molar-refractivity contribution in [1.82, 2.24) is 0 Å². The van der Waals surface area contributed by atoms with E-state index in [9.17, 15) is 9.90 Å². The largest absolute Gasteiger partial charge is 0.461 e. The summed E-state index contributed by atoms with van der Waals surface area (Å²) < 4.78 is 10.2. The van der Waals surface area contributed by atoms with Gasteiger partial charge in [-0.05, 0) is 24.3 Å². The molecule has 0 radical (unpaired) electrons. The number of aliphatic hydroxyl groups excluding tert-OH is 1. The van der Waals surface area contributed by atoms with Crippen LogP contribution in [0.15, 0.2) is 5.11 Å². The number of carbonyl (C=O) groups is 1. The van der Waals surface area contributed by atoms with Crippen LogP contribution in [0.5, 0.6) is 0 Å². The van der Waals surface area contributed by atoms with E-state index in [0.717, 1.165) is 12.8 Å². The first kappa shape index (κ1) is 13.8. The van der Waals surface area contributed by atoms with Crippen molar-refractivity contribution in [3.05, 3.63) is 10.4 Å². The number of carbonyl (C=O) groups excluding carboxylic acids is 1. The van der Waals surface area contributed by atoms with Crippen LogP contribution in [0.4, 0.5) is 0 Å². The summed E-state index contributed by atoms with van der Waals surface area (Å²) in [4.78, 5) is 14.1. The monoisotopic (exact) mass is 243 g/mol. The topological polar surface area (TPSA) is 105 Å². The van der Waals surface area contributed by atoms with E-state index >= 15 is 0 Å². The van der Waals surface area contributed by atoms with Crippen LogP contribution in [0.2, 0.25) is 0 Å². The maximum atomic E-state index is 11.6. The fourth-order valence-corrected chi connectivity index (χ4v) is 1.68. The predicted molar refractivity (Wildman–Crippen MR) is 59.1 cm³/mol. The Morgan fingerprint density at radius 3 is 3.18 bits per heavy atom. The van der Waals surface area contributed by atoms with Crippen LogP contribution in [0, 0.1) is 5.92 Å². The van der Waals surface area contributed by atoms with Gasteiger partial charge >= 0.3 is 5.97 Å². The lowest BCUT2D eigenvalue weighted by Gasteiger charge is -2.27. The van der Waals surface area contributed by atoms with Crippen molar-refractivity contribution in [3.63, 3.8) is 0 Å². The minimum atomic E-state index is -0.964. The van der Waals surface area contributed by atoms with E-state index in [1.54, 1.807) is 0 Å². The molecule has 0 aliphatic carbocycles. The van der Waals surface area contributed by atoms with Crippen molar-refractivity contribution < 1.29 is 19.4 Å². The summed E-state index contributed by atoms with van der Waals surface area (Å²) in [5.41, 5.74) is 8.05. The Bertz CT molecular complexity index is 304. The lowest BCUT2D eigenvalue weighted by Crippen LogP contribution is -2.37. The molecule has 1 heterocycles. The van der Waals surface area contributed by atoms with Crippen molar-refractivity contribution in [2.45, 2.75) is 32.0 Å². The minimum absolute atomic E-state index is 0.106. The number of azide groups is 1. The molecule has 0 aromatic heterocycles. The van der Waals surface area contributed by atoms with Crippen LogP contribution in [0.25, 0.3) is 10.4 Å². The van der Waals surface area contributed by atoms with E-state index in [0.29, 0.717) is 6.61 Å². The number of aliphatic hydroxyl groups is 1. The van der Waals surface area contributed by atoms with Gasteiger partial charge in [-0.25, -0.2) is 4.79 Å². The quantitative estimate of drug-likeness (QED) is 0.336. The van der Waals surface area contributed by atoms with Gasteiger partial charge in [0, 0.05) is 11.5 Å². The van der Waals surface area contributed by atoms with Crippen LogP contribution in [-0.2, 0) is 14.3 Å². The molecular weight excluding hydrogens is 226 g/mol. The summed E-state index contributed by atoms with van der Waals surface area (Å²) in [6, 6.07) is 0. The Morgan fingerprint density at radius 1 is 1.76 bits per heavy atom. The molecule has 1 N–H and O–H groups in total. The Hall–Kier alpha value is -1.30. The van der Waals surface area contributed by atoms with Gasteiger partial charge in [0.25, 0.3) is 0 Å². The fraction of sp³-hybridized carbons (Fsp3) is 0.900. The number of hydrogen-bond donors (Lipinski definition) is 1. The predicted octanol–water partition coefficient (Wildman–Crippen LogP) is 1.02. The lowest BCUT2D eigenvalue weighted by atomic mass is 9.97. The summed E-state index contributed by atoms with van der Waals surface area (Å²) in [6.07, 6.45) is 0.370. The van der Waals surface area contributed by atoms with Crippen molar-refractivity contribution in [2.75, 3.05) is 19.8 Å². The zero-order valence-electron chi connectivity index (χ0n) is 9.78. The van der Waals surface area contributed by atoms with Gasteiger partial charge in [0.2, 0.25) is 0 Å². The summed E-state index contributed by atoms with van der Waals surface area (Å²) in [6.45, 7) is 2.21. The minimum Gasteiger partial charge on any atom is -0.461 e. The van der Waals surface area contributed by atoms with Crippen LogP contribution in [0.3, 0.4) is 0 Å². The molecule has 3 unspecified atom stereocenters. The zero-order chi connectivity index (χ0) is 12.7. The van der Waals surface area contributed by atoms with Gasteiger partial charge in [-0.2, -0.15) is 0 Å². The van der Waals surface area contributed by atoms with Gasteiger partial charge in [0.1, 0.15) is 6.61 Å². The molecule has 0 aromatic carbocycles. The van der Waals surface area contributed by atoms with E-state index in [-0.39, 0.29) is 19.1 Å². The Balaban J connectivity index is 2.30. The molecule has 7 nitrogen and oxygen atoms in total. The maximum absolute atomic E-state index is 11.6. The Morgan fingerprint density at radius 2 is 2.53 bits per heavy atom. The van der Waals surface area contributed by atoms with Gasteiger partial charge < -0.3 is 14.6 Å². The third-order valence-corrected chi connectivity index (χ3v) is 2.62. The SMILES string of the molecule is CC1CCCOC1C(=O)OCC(O)CN=[N+]=[N-]. The van der Waals surface area contributed by atoms with E-state index in [2.05, 4.69) is 10.0 Å². The second kappa shape index (κ2) is 7.11. The van der Waals surface area contributed by atoms with Gasteiger partial charge in [-0.1, -0.05) is 12.0 Å². The Kier molecular flexibility index (Phi) is 5.76. The highest BCUT2D eigenvalue weighted by atomic mass is 16.6. The average Bonchev–Trinajstić information content (AvgIpc) is 2.34. The molecule has 96 valence electrons. The summed E-state index contributed by atoms with van der Waals surface area (Å²) in [5.74, 6) is -0.331. The molecule has 1 aliphatic heterocycles. The van der Waals surface area contributed by atoms with E-state index < -0.39 is 18.2 Å². The molecule has 0 aromatic rings. The van der Waals surface area contributed by atoms with Crippen molar-refractivity contribution in [1.29, 1.82) is 0 Å². The number of ether oxygens (including phenoxy) is 2. The second-order valence-corrected chi connectivity index (χ2v) is 4.11. The summed E-state index contributed by atoms with van der Waals surface area (Å²) in [5, 5.41) is 12.5. The normalized spacial score (nSPS) is 25.8. The Labute approximate surface area is 99.3 Å². The molecule has 0 saturated carbocycles. The van der Waals surface area contributed by atoms with Crippen molar-refractivity contribution >= 4 is 5.97 Å². The van der Waals surface area contributed by atoms with Gasteiger partial charge in [-0.15, -0.1) is 0 Å². The van der Waals surface area contributed by atoms with Gasteiger partial charge in [0.05, 0.1) is 12.6 Å². The third kappa shape index (κ3) is 4.60. The van der Waals surface area contributed by atoms with Crippen LogP contribution >= 0.6 is 0 Å². The smallest absolute Gasteiger partial charge is 0.335 e. The van der Waals surface area contributed by atoms with Crippen LogP contribution < -0.4 is 0 Å². The molecule has 1 aliphatic rings. The summed E-state index contributed by atoms with van der Waals surface area (Å²) >= 11 is 0. The molecule has 1 fully saturated rings. The van der Waals surface area contributed by atoms with E-state index in [4.69, 9.17) is 15.0 Å². The molecule has 1 rings (SSSR count). The fourth-order valence-electron chi connectivity index (χ4n) is 1.68. The molecular formula is C10H17N3O4. The summed E-state index contributed by atoms with van der Waals surface area (Å²) in [7, 11) is 0. The number of esters is 1. The molecule has 0 bridgehead atoms. The molecule has 3 atom stereocenters. The molecule has 1 saturated heterocycles. The highest BCUT2D eigenvalue weighted by Crippen LogP contribution is 2.21. The third-order valence-electron chi connectivity index (χ3n) is 2.62. The number of rotatable bonds is 5. The average molecular weight is 243 g/mol. The van der Waals surface area contributed by atoms with Crippen LogP contribution in [0.1, 0.15) is 19.8 Å². The van der Waals surface area contributed by atoms with E-state index in [1.165, 1.54) is 0 Å². The first-order chi connectivity index (χ1) is 8.15. The van der Waals surface area contributed by atoms with E-state index in [1.807, 2.05) is 6.92 Å².